The van der Waals surface area contributed by atoms with Crippen molar-refractivity contribution in [1.82, 2.24) is 20.8 Å². The van der Waals surface area contributed by atoms with E-state index >= 15 is 0 Å². The van der Waals surface area contributed by atoms with E-state index in [9.17, 15) is 9.59 Å². The first-order valence-corrected chi connectivity index (χ1v) is 6.49. The highest BCUT2D eigenvalue weighted by atomic mass is 16.4. The minimum absolute atomic E-state index is 0.0206. The second kappa shape index (κ2) is 6.65. The normalized spacial score (nSPS) is 11.7. The molecule has 0 radical (unpaired) electrons. The zero-order valence-electron chi connectivity index (χ0n) is 11.8. The Balaban J connectivity index is 1.84. The van der Waals surface area contributed by atoms with Crippen LogP contribution >= 0.6 is 0 Å². The monoisotopic (exact) mass is 288 g/mol. The molecule has 0 aliphatic carbocycles. The molecule has 0 spiro atoms. The maximum absolute atomic E-state index is 11.8. The zero-order chi connectivity index (χ0) is 15.2. The van der Waals surface area contributed by atoms with Crippen molar-refractivity contribution in [2.45, 2.75) is 26.4 Å². The van der Waals surface area contributed by atoms with E-state index in [1.165, 1.54) is 0 Å². The van der Waals surface area contributed by atoms with Gasteiger partial charge in [-0.2, -0.15) is 0 Å². The predicted octanol–water partition coefficient (Wildman–Crippen LogP) is 0.872. The maximum Gasteiger partial charge on any atom is 0.309 e. The second-order valence-electron chi connectivity index (χ2n) is 4.50. The van der Waals surface area contributed by atoms with E-state index in [0.29, 0.717) is 5.89 Å². The molecule has 2 N–H and O–H groups in total. The van der Waals surface area contributed by atoms with Crippen molar-refractivity contribution < 1.29 is 14.0 Å². The van der Waals surface area contributed by atoms with E-state index in [1.807, 2.05) is 37.3 Å². The predicted molar refractivity (Wildman–Crippen MR) is 73.9 cm³/mol. The van der Waals surface area contributed by atoms with Crippen LogP contribution in [0.4, 0.5) is 0 Å². The molecular weight excluding hydrogens is 272 g/mol. The number of amides is 2. The first kappa shape index (κ1) is 14.7. The lowest BCUT2D eigenvalue weighted by Crippen LogP contribution is -2.40. The molecule has 2 rings (SSSR count). The zero-order valence-corrected chi connectivity index (χ0v) is 11.8. The fourth-order valence-electron chi connectivity index (χ4n) is 1.73. The van der Waals surface area contributed by atoms with Crippen LogP contribution in [0.1, 0.15) is 30.3 Å². The molecule has 21 heavy (non-hydrogen) atoms. The van der Waals surface area contributed by atoms with Crippen LogP contribution < -0.4 is 10.6 Å². The number of hydrogen-bond donors (Lipinski definition) is 2. The molecule has 0 saturated heterocycles. The van der Waals surface area contributed by atoms with E-state index in [2.05, 4.69) is 20.8 Å². The Kier molecular flexibility index (Phi) is 4.65. The fraction of sp³-hybridized carbons (Fsp3) is 0.286. The van der Waals surface area contributed by atoms with Crippen molar-refractivity contribution >= 4 is 11.8 Å². The SMILES string of the molecule is Cc1nnc(CNC(=O)C(=O)N[C@@H](C)c2ccccc2)o1. The molecule has 0 aliphatic heterocycles. The number of nitrogens with zero attached hydrogens (tertiary/aromatic N) is 2. The Morgan fingerprint density at radius 2 is 1.90 bits per heavy atom. The molecule has 0 saturated carbocycles. The number of carbonyl (C=O) groups is 2. The van der Waals surface area contributed by atoms with Gasteiger partial charge in [0.2, 0.25) is 11.8 Å². The lowest BCUT2D eigenvalue weighted by atomic mass is 10.1. The van der Waals surface area contributed by atoms with Crippen molar-refractivity contribution in [3.8, 4) is 0 Å². The van der Waals surface area contributed by atoms with Gasteiger partial charge in [-0.25, -0.2) is 0 Å². The molecule has 110 valence electrons. The third kappa shape index (κ3) is 4.13. The Morgan fingerprint density at radius 1 is 1.19 bits per heavy atom. The number of benzene rings is 1. The van der Waals surface area contributed by atoms with Crippen molar-refractivity contribution in [2.24, 2.45) is 0 Å². The van der Waals surface area contributed by atoms with Crippen LogP contribution in [0.25, 0.3) is 0 Å². The van der Waals surface area contributed by atoms with E-state index < -0.39 is 11.8 Å². The maximum atomic E-state index is 11.8. The summed E-state index contributed by atoms with van der Waals surface area (Å²) in [4.78, 5) is 23.4. The highest BCUT2D eigenvalue weighted by Crippen LogP contribution is 2.10. The molecule has 1 aromatic carbocycles. The first-order valence-electron chi connectivity index (χ1n) is 6.49. The highest BCUT2D eigenvalue weighted by molar-refractivity contribution is 6.35. The molecule has 0 fully saturated rings. The number of nitrogens with one attached hydrogen (secondary N) is 2. The van der Waals surface area contributed by atoms with Crippen LogP contribution in [0, 0.1) is 6.92 Å². The van der Waals surface area contributed by atoms with Gasteiger partial charge in [-0.3, -0.25) is 9.59 Å². The van der Waals surface area contributed by atoms with Crippen LogP contribution in [0.15, 0.2) is 34.7 Å². The molecule has 1 heterocycles. The van der Waals surface area contributed by atoms with Gasteiger partial charge in [0.25, 0.3) is 0 Å². The summed E-state index contributed by atoms with van der Waals surface area (Å²) in [5.41, 5.74) is 0.922. The van der Waals surface area contributed by atoms with Gasteiger partial charge >= 0.3 is 11.8 Å². The smallest absolute Gasteiger partial charge is 0.309 e. The molecule has 2 aromatic rings. The van der Waals surface area contributed by atoms with Crippen molar-refractivity contribution in [3.63, 3.8) is 0 Å². The van der Waals surface area contributed by atoms with Gasteiger partial charge in [-0.05, 0) is 12.5 Å². The Morgan fingerprint density at radius 3 is 2.52 bits per heavy atom. The molecule has 2 amide bonds. The highest BCUT2D eigenvalue weighted by Gasteiger charge is 2.17. The average Bonchev–Trinajstić information content (AvgIpc) is 2.91. The molecule has 1 atom stereocenters. The second-order valence-corrected chi connectivity index (χ2v) is 4.50. The minimum Gasteiger partial charge on any atom is -0.424 e. The number of carbonyl (C=O) groups excluding carboxylic acids is 2. The molecule has 0 unspecified atom stereocenters. The topological polar surface area (TPSA) is 97.1 Å². The summed E-state index contributed by atoms with van der Waals surface area (Å²) in [6, 6.07) is 9.13. The van der Waals surface area contributed by atoms with Crippen LogP contribution in [-0.2, 0) is 16.1 Å². The molecule has 7 nitrogen and oxygen atoms in total. The average molecular weight is 288 g/mol. The first-order chi connectivity index (χ1) is 10.1. The van der Waals surface area contributed by atoms with E-state index in [4.69, 9.17) is 4.42 Å². The van der Waals surface area contributed by atoms with E-state index in [0.717, 1.165) is 5.56 Å². The van der Waals surface area contributed by atoms with Gasteiger partial charge in [0.05, 0.1) is 12.6 Å². The van der Waals surface area contributed by atoms with Gasteiger partial charge in [0.1, 0.15) is 0 Å². The van der Waals surface area contributed by atoms with Crippen LogP contribution in [-0.4, -0.2) is 22.0 Å². The van der Waals surface area contributed by atoms with Gasteiger partial charge in [-0.1, -0.05) is 30.3 Å². The number of aromatic nitrogens is 2. The molecule has 0 bridgehead atoms. The van der Waals surface area contributed by atoms with Crippen molar-refractivity contribution in [1.29, 1.82) is 0 Å². The Bertz CT molecular complexity index is 624. The van der Waals surface area contributed by atoms with Gasteiger partial charge in [-0.15, -0.1) is 10.2 Å². The molecule has 7 heteroatoms. The van der Waals surface area contributed by atoms with Gasteiger partial charge in [0, 0.05) is 6.92 Å². The van der Waals surface area contributed by atoms with Crippen LogP contribution in [0.2, 0.25) is 0 Å². The number of hydrogen-bond acceptors (Lipinski definition) is 5. The van der Waals surface area contributed by atoms with E-state index in [1.54, 1.807) is 6.92 Å². The minimum atomic E-state index is -0.742. The summed E-state index contributed by atoms with van der Waals surface area (Å²) in [5, 5.41) is 12.4. The quantitative estimate of drug-likeness (QED) is 0.814. The lowest BCUT2D eigenvalue weighted by molar-refractivity contribution is -0.139. The largest absolute Gasteiger partial charge is 0.424 e. The summed E-state index contributed by atoms with van der Waals surface area (Å²) >= 11 is 0. The van der Waals surface area contributed by atoms with Crippen LogP contribution in [0.5, 0.6) is 0 Å². The molecule has 1 aromatic heterocycles. The summed E-state index contributed by atoms with van der Waals surface area (Å²) in [6.45, 7) is 3.47. The van der Waals surface area contributed by atoms with Crippen LogP contribution in [0.3, 0.4) is 0 Å². The Labute approximate surface area is 121 Å². The van der Waals surface area contributed by atoms with Crippen molar-refractivity contribution in [2.75, 3.05) is 0 Å². The molecular formula is C14H16N4O3. The number of aryl methyl sites for hydroxylation is 1. The van der Waals surface area contributed by atoms with Gasteiger partial charge < -0.3 is 15.1 Å². The summed E-state index contributed by atoms with van der Waals surface area (Å²) in [5.74, 6) is -0.789. The van der Waals surface area contributed by atoms with Crippen molar-refractivity contribution in [3.05, 3.63) is 47.7 Å². The fourth-order valence-corrected chi connectivity index (χ4v) is 1.73. The molecule has 0 aliphatic rings. The number of rotatable bonds is 4. The Hall–Kier alpha value is -2.70. The third-order valence-electron chi connectivity index (χ3n) is 2.82. The van der Waals surface area contributed by atoms with E-state index in [-0.39, 0.29) is 18.5 Å². The lowest BCUT2D eigenvalue weighted by Gasteiger charge is -2.13. The summed E-state index contributed by atoms with van der Waals surface area (Å²) in [6.07, 6.45) is 0. The summed E-state index contributed by atoms with van der Waals surface area (Å²) < 4.78 is 5.10. The standard InChI is InChI=1S/C14H16N4O3/c1-9(11-6-4-3-5-7-11)16-14(20)13(19)15-8-12-18-17-10(2)21-12/h3-7,9H,8H2,1-2H3,(H,15,19)(H,16,20)/t9-/m0/s1. The summed E-state index contributed by atoms with van der Waals surface area (Å²) in [7, 11) is 0. The third-order valence-corrected chi connectivity index (χ3v) is 2.82. The van der Waals surface area contributed by atoms with Gasteiger partial charge in [0.15, 0.2) is 0 Å².